The molecule has 3 atom stereocenters. The van der Waals surface area contributed by atoms with Gasteiger partial charge in [-0.15, -0.1) is 0 Å². The molecule has 2 fully saturated rings. The Balaban J connectivity index is 1.56. The summed E-state index contributed by atoms with van der Waals surface area (Å²) in [6.45, 7) is 10.4. The largest absolute Gasteiger partial charge is 0.377 e. The van der Waals surface area contributed by atoms with Gasteiger partial charge >= 0.3 is 0 Å². The highest BCUT2D eigenvalue weighted by molar-refractivity contribution is 4.78. The van der Waals surface area contributed by atoms with E-state index in [1.807, 2.05) is 0 Å². The average Bonchev–Trinajstić information content (AvgIpc) is 2.89. The van der Waals surface area contributed by atoms with E-state index in [0.29, 0.717) is 12.1 Å². The summed E-state index contributed by atoms with van der Waals surface area (Å²) in [6.07, 6.45) is 4.30. The van der Waals surface area contributed by atoms with Crippen molar-refractivity contribution >= 4 is 0 Å². The Labute approximate surface area is 99.5 Å². The normalized spacial score (nSPS) is 33.4. The van der Waals surface area contributed by atoms with Crippen LogP contribution in [0.2, 0.25) is 0 Å². The van der Waals surface area contributed by atoms with Gasteiger partial charge in [0, 0.05) is 32.3 Å². The molecule has 0 aromatic carbocycles. The fourth-order valence-electron chi connectivity index (χ4n) is 2.81. The van der Waals surface area contributed by atoms with E-state index in [9.17, 15) is 0 Å². The van der Waals surface area contributed by atoms with Crippen LogP contribution in [-0.2, 0) is 4.74 Å². The molecule has 3 unspecified atom stereocenters. The lowest BCUT2D eigenvalue weighted by molar-refractivity contribution is 0.0829. The molecule has 3 nitrogen and oxygen atoms in total. The number of nitrogens with one attached hydrogen (secondary N) is 1. The maximum absolute atomic E-state index is 5.68. The van der Waals surface area contributed by atoms with Gasteiger partial charge in [-0.25, -0.2) is 0 Å². The summed E-state index contributed by atoms with van der Waals surface area (Å²) >= 11 is 0. The zero-order valence-corrected chi connectivity index (χ0v) is 10.7. The van der Waals surface area contributed by atoms with Crippen molar-refractivity contribution in [2.75, 3.05) is 32.8 Å². The number of rotatable bonds is 5. The van der Waals surface area contributed by atoms with Gasteiger partial charge in [0.15, 0.2) is 0 Å². The van der Waals surface area contributed by atoms with Gasteiger partial charge in [0.05, 0.1) is 6.10 Å². The van der Waals surface area contributed by atoms with Gasteiger partial charge in [-0.05, 0) is 38.6 Å². The predicted molar refractivity (Wildman–Crippen MR) is 66.7 cm³/mol. The second-order valence-corrected chi connectivity index (χ2v) is 5.49. The van der Waals surface area contributed by atoms with Crippen molar-refractivity contribution in [3.8, 4) is 0 Å². The predicted octanol–water partition coefficient (Wildman–Crippen LogP) is 1.49. The first kappa shape index (κ1) is 12.3. The SMILES string of the molecule is CC1CCN(CCNC(C)C2CCCO2)C1. The molecule has 3 heteroatoms. The Bertz CT molecular complexity index is 204. The number of hydrogen-bond acceptors (Lipinski definition) is 3. The molecule has 16 heavy (non-hydrogen) atoms. The maximum atomic E-state index is 5.68. The fourth-order valence-corrected chi connectivity index (χ4v) is 2.81. The van der Waals surface area contributed by atoms with Crippen LogP contribution in [0.25, 0.3) is 0 Å². The molecule has 0 aromatic rings. The Morgan fingerprint density at radius 1 is 1.44 bits per heavy atom. The summed E-state index contributed by atoms with van der Waals surface area (Å²) in [5, 5.41) is 3.60. The molecular formula is C13H26N2O. The average molecular weight is 226 g/mol. The number of ether oxygens (including phenoxy) is 1. The van der Waals surface area contributed by atoms with Crippen LogP contribution in [0.3, 0.4) is 0 Å². The standard InChI is InChI=1S/C13H26N2O/c1-11-5-7-15(10-11)8-6-14-12(2)13-4-3-9-16-13/h11-14H,3-10H2,1-2H3. The molecule has 2 aliphatic rings. The summed E-state index contributed by atoms with van der Waals surface area (Å²) in [5.74, 6) is 0.899. The van der Waals surface area contributed by atoms with Crippen molar-refractivity contribution in [2.24, 2.45) is 5.92 Å². The molecule has 0 aliphatic carbocycles. The maximum Gasteiger partial charge on any atom is 0.0726 e. The Kier molecular flexibility index (Phi) is 4.62. The molecule has 94 valence electrons. The van der Waals surface area contributed by atoms with Gasteiger partial charge in [0.1, 0.15) is 0 Å². The third-order valence-corrected chi connectivity index (χ3v) is 3.92. The molecule has 0 saturated carbocycles. The first-order valence-corrected chi connectivity index (χ1v) is 6.83. The van der Waals surface area contributed by atoms with E-state index >= 15 is 0 Å². The highest BCUT2D eigenvalue weighted by atomic mass is 16.5. The van der Waals surface area contributed by atoms with Gasteiger partial charge in [-0.3, -0.25) is 0 Å². The van der Waals surface area contributed by atoms with E-state index in [0.717, 1.165) is 19.1 Å². The van der Waals surface area contributed by atoms with E-state index in [1.54, 1.807) is 0 Å². The summed E-state index contributed by atoms with van der Waals surface area (Å²) in [7, 11) is 0. The van der Waals surface area contributed by atoms with Crippen LogP contribution in [0.15, 0.2) is 0 Å². The lowest BCUT2D eigenvalue weighted by atomic mass is 10.1. The van der Waals surface area contributed by atoms with E-state index in [-0.39, 0.29) is 0 Å². The zero-order valence-electron chi connectivity index (χ0n) is 10.7. The lowest BCUT2D eigenvalue weighted by Crippen LogP contribution is -2.41. The highest BCUT2D eigenvalue weighted by Crippen LogP contribution is 2.16. The summed E-state index contributed by atoms with van der Waals surface area (Å²) in [4.78, 5) is 2.57. The van der Waals surface area contributed by atoms with Gasteiger partial charge < -0.3 is 15.0 Å². The third kappa shape index (κ3) is 3.44. The van der Waals surface area contributed by atoms with E-state index in [1.165, 1.54) is 38.9 Å². The van der Waals surface area contributed by atoms with Gasteiger partial charge in [-0.2, -0.15) is 0 Å². The Morgan fingerprint density at radius 3 is 2.94 bits per heavy atom. The minimum absolute atomic E-state index is 0.456. The van der Waals surface area contributed by atoms with Gasteiger partial charge in [0.2, 0.25) is 0 Å². The molecule has 2 heterocycles. The minimum Gasteiger partial charge on any atom is -0.377 e. The second-order valence-electron chi connectivity index (χ2n) is 5.49. The first-order valence-electron chi connectivity index (χ1n) is 6.83. The van der Waals surface area contributed by atoms with Crippen LogP contribution in [0.4, 0.5) is 0 Å². The smallest absolute Gasteiger partial charge is 0.0726 e. The zero-order chi connectivity index (χ0) is 11.4. The molecule has 0 amide bonds. The second kappa shape index (κ2) is 5.99. The molecule has 0 aromatic heterocycles. The fraction of sp³-hybridized carbons (Fsp3) is 1.00. The van der Waals surface area contributed by atoms with Crippen LogP contribution in [0, 0.1) is 5.92 Å². The van der Waals surface area contributed by atoms with Crippen molar-refractivity contribution in [1.82, 2.24) is 10.2 Å². The Hall–Kier alpha value is -0.120. The minimum atomic E-state index is 0.456. The summed E-state index contributed by atoms with van der Waals surface area (Å²) < 4.78 is 5.68. The van der Waals surface area contributed by atoms with Crippen molar-refractivity contribution in [3.05, 3.63) is 0 Å². The molecule has 0 radical (unpaired) electrons. The highest BCUT2D eigenvalue weighted by Gasteiger charge is 2.22. The van der Waals surface area contributed by atoms with Gasteiger partial charge in [-0.1, -0.05) is 6.92 Å². The number of nitrogens with zero attached hydrogens (tertiary/aromatic N) is 1. The van der Waals surface area contributed by atoms with Crippen molar-refractivity contribution in [3.63, 3.8) is 0 Å². The summed E-state index contributed by atoms with van der Waals surface area (Å²) in [6, 6.07) is 0.516. The molecular weight excluding hydrogens is 200 g/mol. The topological polar surface area (TPSA) is 24.5 Å². The molecule has 2 rings (SSSR count). The summed E-state index contributed by atoms with van der Waals surface area (Å²) in [5.41, 5.74) is 0. The monoisotopic (exact) mass is 226 g/mol. The van der Waals surface area contributed by atoms with E-state index < -0.39 is 0 Å². The molecule has 1 N–H and O–H groups in total. The van der Waals surface area contributed by atoms with Crippen LogP contribution < -0.4 is 5.32 Å². The number of likely N-dealkylation sites (tertiary alicyclic amines) is 1. The molecule has 2 aliphatic heterocycles. The lowest BCUT2D eigenvalue weighted by Gasteiger charge is -2.22. The molecule has 2 saturated heterocycles. The van der Waals surface area contributed by atoms with E-state index in [2.05, 4.69) is 24.1 Å². The first-order chi connectivity index (χ1) is 7.75. The van der Waals surface area contributed by atoms with E-state index in [4.69, 9.17) is 4.74 Å². The third-order valence-electron chi connectivity index (χ3n) is 3.92. The van der Waals surface area contributed by atoms with Crippen molar-refractivity contribution in [2.45, 2.75) is 45.3 Å². The van der Waals surface area contributed by atoms with Crippen LogP contribution >= 0.6 is 0 Å². The van der Waals surface area contributed by atoms with Crippen LogP contribution in [0.1, 0.15) is 33.1 Å². The van der Waals surface area contributed by atoms with Crippen molar-refractivity contribution in [1.29, 1.82) is 0 Å². The van der Waals surface area contributed by atoms with Gasteiger partial charge in [0.25, 0.3) is 0 Å². The quantitative estimate of drug-likeness (QED) is 0.768. The van der Waals surface area contributed by atoms with Crippen LogP contribution in [0.5, 0.6) is 0 Å². The van der Waals surface area contributed by atoms with Crippen LogP contribution in [-0.4, -0.2) is 49.8 Å². The number of hydrogen-bond donors (Lipinski definition) is 1. The Morgan fingerprint density at radius 2 is 2.31 bits per heavy atom. The molecule has 0 spiro atoms. The van der Waals surface area contributed by atoms with Crippen molar-refractivity contribution < 1.29 is 4.74 Å². The molecule has 0 bridgehead atoms.